The molecule has 0 spiro atoms. The van der Waals surface area contributed by atoms with Gasteiger partial charge in [-0.25, -0.2) is 4.39 Å². The van der Waals surface area contributed by atoms with E-state index in [4.69, 9.17) is 9.47 Å². The smallest absolute Gasteiger partial charge is 0.191 e. The van der Waals surface area contributed by atoms with Gasteiger partial charge >= 0.3 is 0 Å². The minimum atomic E-state index is -0.267. The fraction of sp³-hybridized carbons (Fsp3) is 0.381. The Bertz CT molecular complexity index is 808. The van der Waals surface area contributed by atoms with Crippen LogP contribution in [0, 0.1) is 5.82 Å². The second-order valence-electron chi connectivity index (χ2n) is 6.54. The molecule has 3 rings (SSSR count). The Kier molecular flexibility index (Phi) is 10.0. The lowest BCUT2D eigenvalue weighted by Crippen LogP contribution is -2.40. The van der Waals surface area contributed by atoms with Crippen molar-refractivity contribution in [3.63, 3.8) is 0 Å². The van der Waals surface area contributed by atoms with Crippen LogP contribution in [0.4, 0.5) is 4.39 Å². The Labute approximate surface area is 192 Å². The van der Waals surface area contributed by atoms with E-state index >= 15 is 0 Å². The van der Waals surface area contributed by atoms with E-state index in [0.29, 0.717) is 24.8 Å². The number of nitrogens with one attached hydrogen (secondary N) is 2. The molecular weight excluding hydrogens is 504 g/mol. The molecule has 2 aromatic rings. The fourth-order valence-electron chi connectivity index (χ4n) is 2.99. The largest absolute Gasteiger partial charge is 0.467 e. The van der Waals surface area contributed by atoms with E-state index in [-0.39, 0.29) is 36.6 Å². The van der Waals surface area contributed by atoms with E-state index < -0.39 is 0 Å². The van der Waals surface area contributed by atoms with Crippen molar-refractivity contribution >= 4 is 41.7 Å². The molecular formula is C21H27FIN3O2S. The molecule has 0 bridgehead atoms. The summed E-state index contributed by atoms with van der Waals surface area (Å²) in [5.41, 5.74) is 1.60. The highest BCUT2D eigenvalue weighted by Gasteiger charge is 2.16. The second-order valence-corrected chi connectivity index (χ2v) is 8.05. The van der Waals surface area contributed by atoms with Crippen LogP contribution >= 0.6 is 35.7 Å². The molecule has 5 nitrogen and oxygen atoms in total. The van der Waals surface area contributed by atoms with E-state index in [0.717, 1.165) is 29.4 Å². The molecule has 0 aliphatic carbocycles. The Morgan fingerprint density at radius 1 is 1.24 bits per heavy atom. The third-order valence-corrected chi connectivity index (χ3v) is 5.41. The number of halogens is 2. The summed E-state index contributed by atoms with van der Waals surface area (Å²) in [5.74, 6) is 1.21. The predicted octanol–water partition coefficient (Wildman–Crippen LogP) is 4.20. The molecule has 2 aromatic carbocycles. The van der Waals surface area contributed by atoms with E-state index in [9.17, 15) is 4.39 Å². The number of nitrogens with zero attached hydrogens (tertiary/aromatic N) is 1. The maximum Gasteiger partial charge on any atom is 0.191 e. The van der Waals surface area contributed by atoms with Crippen molar-refractivity contribution in [1.29, 1.82) is 0 Å². The first-order valence-corrected chi connectivity index (χ1v) is 10.2. The standard InChI is InChI=1S/C21H26FN3O2S.HI/c1-15(28-19-6-4-3-5-7-19)12-25-21(23-2)24-9-8-16-10-18(22)11-17-13-26-14-27-20(16)17;/h3-7,10-11,15H,8-9,12-14H2,1-2H3,(H2,23,24,25);1H. The predicted molar refractivity (Wildman–Crippen MR) is 127 cm³/mol. The normalized spacial score (nSPS) is 14.2. The van der Waals surface area contributed by atoms with Crippen molar-refractivity contribution in [3.8, 4) is 5.75 Å². The second kappa shape index (κ2) is 12.2. The monoisotopic (exact) mass is 531 g/mol. The average Bonchev–Trinajstić information content (AvgIpc) is 2.71. The molecule has 0 saturated carbocycles. The zero-order chi connectivity index (χ0) is 19.8. The zero-order valence-electron chi connectivity index (χ0n) is 16.6. The van der Waals surface area contributed by atoms with Crippen LogP contribution in [-0.2, 0) is 17.8 Å². The number of rotatable bonds is 7. The molecule has 29 heavy (non-hydrogen) atoms. The van der Waals surface area contributed by atoms with Crippen molar-refractivity contribution in [2.75, 3.05) is 26.9 Å². The molecule has 2 N–H and O–H groups in total. The third kappa shape index (κ3) is 7.35. The summed E-state index contributed by atoms with van der Waals surface area (Å²) in [4.78, 5) is 5.51. The Hall–Kier alpha value is -1.52. The van der Waals surface area contributed by atoms with Gasteiger partial charge in [-0.3, -0.25) is 4.99 Å². The summed E-state index contributed by atoms with van der Waals surface area (Å²) in [7, 11) is 1.74. The van der Waals surface area contributed by atoms with Crippen LogP contribution in [0.3, 0.4) is 0 Å². The number of hydrogen-bond donors (Lipinski definition) is 2. The first-order valence-electron chi connectivity index (χ1n) is 9.33. The van der Waals surface area contributed by atoms with Gasteiger partial charge in [-0.2, -0.15) is 0 Å². The van der Waals surface area contributed by atoms with Crippen molar-refractivity contribution in [1.82, 2.24) is 10.6 Å². The first-order chi connectivity index (χ1) is 13.7. The van der Waals surface area contributed by atoms with Gasteiger partial charge in [0.25, 0.3) is 0 Å². The average molecular weight is 531 g/mol. The lowest BCUT2D eigenvalue weighted by atomic mass is 10.1. The van der Waals surface area contributed by atoms with E-state index in [1.54, 1.807) is 7.05 Å². The molecule has 1 aliphatic rings. The van der Waals surface area contributed by atoms with Gasteiger partial charge in [0.05, 0.1) is 6.61 Å². The van der Waals surface area contributed by atoms with Crippen LogP contribution in [0.15, 0.2) is 52.4 Å². The molecule has 0 radical (unpaired) electrons. The zero-order valence-corrected chi connectivity index (χ0v) is 19.8. The highest BCUT2D eigenvalue weighted by molar-refractivity contribution is 14.0. The number of benzene rings is 2. The van der Waals surface area contributed by atoms with E-state index in [1.165, 1.54) is 17.0 Å². The van der Waals surface area contributed by atoms with Gasteiger partial charge < -0.3 is 20.1 Å². The van der Waals surface area contributed by atoms with Gasteiger partial charge in [0.2, 0.25) is 0 Å². The molecule has 0 amide bonds. The van der Waals surface area contributed by atoms with Gasteiger partial charge in [-0.05, 0) is 36.2 Å². The van der Waals surface area contributed by atoms with E-state index in [1.807, 2.05) is 30.0 Å². The summed E-state index contributed by atoms with van der Waals surface area (Å²) < 4.78 is 24.6. The Morgan fingerprint density at radius 2 is 2.03 bits per heavy atom. The molecule has 0 fully saturated rings. The number of ether oxygens (including phenoxy) is 2. The van der Waals surface area contributed by atoms with Crippen LogP contribution in [-0.4, -0.2) is 38.1 Å². The summed E-state index contributed by atoms with van der Waals surface area (Å²) in [5, 5.41) is 7.02. The van der Waals surface area contributed by atoms with Crippen LogP contribution < -0.4 is 15.4 Å². The summed E-state index contributed by atoms with van der Waals surface area (Å²) in [6, 6.07) is 13.3. The molecule has 1 heterocycles. The maximum absolute atomic E-state index is 13.8. The molecule has 158 valence electrons. The van der Waals surface area contributed by atoms with Crippen LogP contribution in [0.5, 0.6) is 5.75 Å². The van der Waals surface area contributed by atoms with Crippen molar-refractivity contribution in [2.45, 2.75) is 30.1 Å². The third-order valence-electron chi connectivity index (χ3n) is 4.30. The fourth-order valence-corrected chi connectivity index (χ4v) is 3.94. The summed E-state index contributed by atoms with van der Waals surface area (Å²) in [6.45, 7) is 4.18. The summed E-state index contributed by atoms with van der Waals surface area (Å²) >= 11 is 1.82. The van der Waals surface area contributed by atoms with Crippen LogP contribution in [0.1, 0.15) is 18.1 Å². The molecule has 1 unspecified atom stereocenters. The van der Waals surface area contributed by atoms with Gasteiger partial charge in [-0.15, -0.1) is 35.7 Å². The van der Waals surface area contributed by atoms with Crippen molar-refractivity contribution < 1.29 is 13.9 Å². The molecule has 0 aromatic heterocycles. The molecule has 0 saturated heterocycles. The van der Waals surface area contributed by atoms with Gasteiger partial charge in [0.1, 0.15) is 11.6 Å². The Balaban J connectivity index is 0.00000300. The minimum Gasteiger partial charge on any atom is -0.467 e. The van der Waals surface area contributed by atoms with Gasteiger partial charge in [0, 0.05) is 35.8 Å². The highest BCUT2D eigenvalue weighted by atomic mass is 127. The van der Waals surface area contributed by atoms with Crippen LogP contribution in [0.25, 0.3) is 0 Å². The van der Waals surface area contributed by atoms with Crippen molar-refractivity contribution in [3.05, 3.63) is 59.4 Å². The van der Waals surface area contributed by atoms with E-state index in [2.05, 4.69) is 34.7 Å². The lowest BCUT2D eigenvalue weighted by molar-refractivity contribution is -0.0172. The minimum absolute atomic E-state index is 0. The van der Waals surface area contributed by atoms with Gasteiger partial charge in [-0.1, -0.05) is 25.1 Å². The molecule has 1 aliphatic heterocycles. The van der Waals surface area contributed by atoms with Crippen LogP contribution in [0.2, 0.25) is 0 Å². The highest BCUT2D eigenvalue weighted by Crippen LogP contribution is 2.29. The number of thioether (sulfide) groups is 1. The quantitative estimate of drug-likeness (QED) is 0.243. The SMILES string of the molecule is CN=C(NCCc1cc(F)cc2c1OCOC2)NCC(C)Sc1ccccc1.I. The van der Waals surface area contributed by atoms with Crippen molar-refractivity contribution in [2.24, 2.45) is 4.99 Å². The topological polar surface area (TPSA) is 54.9 Å². The van der Waals surface area contributed by atoms with Gasteiger partial charge in [0.15, 0.2) is 12.8 Å². The number of aliphatic imine (C=N–C) groups is 1. The maximum atomic E-state index is 13.8. The lowest BCUT2D eigenvalue weighted by Gasteiger charge is -2.21. The number of hydrogen-bond acceptors (Lipinski definition) is 4. The molecule has 8 heteroatoms. The molecule has 1 atom stereocenters. The number of fused-ring (bicyclic) bond motifs is 1. The number of guanidine groups is 1. The summed E-state index contributed by atoms with van der Waals surface area (Å²) in [6.07, 6.45) is 0.634. The Morgan fingerprint density at radius 3 is 2.79 bits per heavy atom. The first kappa shape index (κ1) is 23.8.